The van der Waals surface area contributed by atoms with E-state index in [1.165, 1.54) is 33.6 Å². The summed E-state index contributed by atoms with van der Waals surface area (Å²) >= 11 is 0. The van der Waals surface area contributed by atoms with Crippen LogP contribution in [-0.4, -0.2) is 37.4 Å². The number of nitrogens with one attached hydrogen (secondary N) is 1. The third kappa shape index (κ3) is 2.34. The second-order valence-electron chi connectivity index (χ2n) is 8.40. The van der Waals surface area contributed by atoms with Crippen LogP contribution < -0.4 is 0 Å². The molecule has 154 valence electrons. The van der Waals surface area contributed by atoms with E-state index in [0.717, 1.165) is 16.9 Å². The molecule has 5 heteroatoms. The highest BCUT2D eigenvalue weighted by atomic mass is 15.2. The normalized spacial score (nSPS) is 19.0. The first-order valence-electron chi connectivity index (χ1n) is 10.7. The van der Waals surface area contributed by atoms with E-state index in [-0.39, 0.29) is 0 Å². The van der Waals surface area contributed by atoms with Crippen molar-refractivity contribution < 1.29 is 9.15 Å². The third-order valence-electron chi connectivity index (χ3n) is 6.90. The van der Waals surface area contributed by atoms with Crippen LogP contribution in [0.1, 0.15) is 36.2 Å². The van der Waals surface area contributed by atoms with Gasteiger partial charge in [-0.2, -0.15) is 5.10 Å². The van der Waals surface area contributed by atoms with Crippen molar-refractivity contribution >= 4 is 11.7 Å². The second kappa shape index (κ2) is 6.71. The third-order valence-corrected chi connectivity index (χ3v) is 6.90. The first-order valence-corrected chi connectivity index (χ1v) is 10.7. The molecule has 1 atom stereocenters. The van der Waals surface area contributed by atoms with E-state index in [4.69, 9.17) is 0 Å². The van der Waals surface area contributed by atoms with Gasteiger partial charge in [0.25, 0.3) is 11.4 Å². The maximum Gasteiger partial charge on any atom is 0.495 e. The highest BCUT2D eigenvalue weighted by Crippen LogP contribution is 2.55. The zero-order valence-electron chi connectivity index (χ0n) is 18.3. The average molecular weight is 418 g/mol. The van der Waals surface area contributed by atoms with Crippen LogP contribution in [0, 0.1) is 0 Å². The van der Waals surface area contributed by atoms with E-state index >= 15 is 0 Å². The number of nitrogens with zero attached hydrogens (tertiary/aromatic N) is 4. The van der Waals surface area contributed by atoms with Crippen LogP contribution in [0.5, 0.6) is 0 Å². The van der Waals surface area contributed by atoms with E-state index in [9.17, 15) is 0 Å². The molecule has 2 aromatic heterocycles. The SMILES string of the molecule is CC1=C(C)[N+](c2cccc(C3(c4ccn[nH]4)c4ccccc4-c4cnccc43)c2)=C=[N+]1C. The van der Waals surface area contributed by atoms with Crippen LogP contribution >= 0.6 is 0 Å². The summed E-state index contributed by atoms with van der Waals surface area (Å²) in [5.74, 6) is 0. The summed E-state index contributed by atoms with van der Waals surface area (Å²) in [5, 5.41) is 7.63. The smallest absolute Gasteiger partial charge is 0.281 e. The van der Waals surface area contributed by atoms with E-state index in [1.54, 1.807) is 0 Å². The molecule has 0 amide bonds. The predicted molar refractivity (Wildman–Crippen MR) is 123 cm³/mol. The summed E-state index contributed by atoms with van der Waals surface area (Å²) in [6, 6.07) is 25.0. The topological polar surface area (TPSA) is 47.6 Å². The van der Waals surface area contributed by atoms with Crippen molar-refractivity contribution in [2.24, 2.45) is 0 Å². The van der Waals surface area contributed by atoms with Gasteiger partial charge in [-0.1, -0.05) is 45.5 Å². The Labute approximate surface area is 186 Å². The molecule has 0 saturated heterocycles. The fourth-order valence-corrected chi connectivity index (χ4v) is 5.18. The van der Waals surface area contributed by atoms with Gasteiger partial charge < -0.3 is 0 Å². The Morgan fingerprint density at radius 3 is 2.50 bits per heavy atom. The number of hydrogen-bond donors (Lipinski definition) is 1. The molecule has 2 aromatic carbocycles. The first-order chi connectivity index (χ1) is 15.6. The van der Waals surface area contributed by atoms with Gasteiger partial charge in [0.1, 0.15) is 0 Å². The quantitative estimate of drug-likeness (QED) is 0.425. The van der Waals surface area contributed by atoms with E-state index in [1.807, 2.05) is 30.2 Å². The van der Waals surface area contributed by atoms with E-state index < -0.39 is 5.41 Å². The Hall–Kier alpha value is -4.08. The van der Waals surface area contributed by atoms with Crippen LogP contribution in [0.3, 0.4) is 0 Å². The van der Waals surface area contributed by atoms with E-state index in [0.29, 0.717) is 0 Å². The van der Waals surface area contributed by atoms with Crippen molar-refractivity contribution in [3.05, 3.63) is 113 Å². The number of fused-ring (bicyclic) bond motifs is 3. The average Bonchev–Trinajstić information content (AvgIpc) is 3.53. The molecule has 4 aromatic rings. The van der Waals surface area contributed by atoms with Gasteiger partial charge in [0.15, 0.2) is 7.05 Å². The molecule has 2 aliphatic rings. The van der Waals surface area contributed by atoms with Crippen molar-refractivity contribution in [1.82, 2.24) is 15.2 Å². The molecule has 0 fully saturated rings. The van der Waals surface area contributed by atoms with Gasteiger partial charge >= 0.3 is 6.01 Å². The molecule has 1 unspecified atom stereocenters. The molecular formula is C27H23N5+2. The van der Waals surface area contributed by atoms with E-state index in [2.05, 4.69) is 100 Å². The maximum absolute atomic E-state index is 4.45. The van der Waals surface area contributed by atoms with Crippen LogP contribution in [0.15, 0.2) is 90.6 Å². The molecule has 1 N–H and O–H groups in total. The lowest BCUT2D eigenvalue weighted by atomic mass is 9.70. The molecule has 1 aliphatic heterocycles. The molecule has 0 bridgehead atoms. The van der Waals surface area contributed by atoms with Crippen molar-refractivity contribution in [3.63, 3.8) is 0 Å². The number of H-pyrrole nitrogens is 1. The van der Waals surface area contributed by atoms with Crippen molar-refractivity contribution in [1.29, 1.82) is 0 Å². The number of hydrogen-bond acceptors (Lipinski definition) is 2. The molecule has 5 nitrogen and oxygen atoms in total. The minimum Gasteiger partial charge on any atom is -0.281 e. The number of rotatable bonds is 3. The Kier molecular flexibility index (Phi) is 3.91. The van der Waals surface area contributed by atoms with Crippen LogP contribution in [-0.2, 0) is 5.41 Å². The van der Waals surface area contributed by atoms with Crippen LogP contribution in [0.2, 0.25) is 0 Å². The summed E-state index contributed by atoms with van der Waals surface area (Å²) in [4.78, 5) is 4.45. The largest absolute Gasteiger partial charge is 0.495 e. The Morgan fingerprint density at radius 2 is 1.72 bits per heavy atom. The number of allylic oxidation sites excluding steroid dienone is 2. The number of aromatic amines is 1. The first kappa shape index (κ1) is 18.7. The summed E-state index contributed by atoms with van der Waals surface area (Å²) in [5.41, 5.74) is 10.0. The van der Waals surface area contributed by atoms with Gasteiger partial charge in [-0.25, -0.2) is 0 Å². The number of pyridine rings is 1. The molecule has 32 heavy (non-hydrogen) atoms. The van der Waals surface area contributed by atoms with Gasteiger partial charge in [0.05, 0.1) is 11.1 Å². The number of benzene rings is 2. The second-order valence-corrected chi connectivity index (χ2v) is 8.40. The lowest BCUT2D eigenvalue weighted by molar-refractivity contribution is -0.445. The van der Waals surface area contributed by atoms with Gasteiger partial charge in [0, 0.05) is 50.1 Å². The predicted octanol–water partition coefficient (Wildman–Crippen LogP) is 4.89. The summed E-state index contributed by atoms with van der Waals surface area (Å²) in [6.45, 7) is 4.25. The Balaban J connectivity index is 1.69. The van der Waals surface area contributed by atoms with Crippen LogP contribution in [0.25, 0.3) is 11.1 Å². The zero-order chi connectivity index (χ0) is 21.9. The van der Waals surface area contributed by atoms with Gasteiger partial charge in [-0.15, -0.1) is 0 Å². The lowest BCUT2D eigenvalue weighted by Gasteiger charge is -2.31. The highest BCUT2D eigenvalue weighted by Gasteiger charge is 2.47. The van der Waals surface area contributed by atoms with Gasteiger partial charge in [0.2, 0.25) is 5.69 Å². The van der Waals surface area contributed by atoms with Crippen molar-refractivity contribution in [2.45, 2.75) is 19.3 Å². The Morgan fingerprint density at radius 1 is 0.875 bits per heavy atom. The standard InChI is InChI=1S/C27H23N5/c1-18-19(2)32(17-31(18)3)21-8-6-7-20(15-21)27(26-12-14-29-30-26)24-10-5-4-9-22(24)23-16-28-13-11-25(23)27/h4-16H,1-3H3,(H,29,30)/q+2. The minimum absolute atomic E-state index is 0.500. The molecule has 0 radical (unpaired) electrons. The number of aromatic nitrogens is 3. The molecule has 6 rings (SSSR count). The molecule has 0 saturated carbocycles. The van der Waals surface area contributed by atoms with Crippen molar-refractivity contribution in [3.8, 4) is 11.1 Å². The monoisotopic (exact) mass is 417 g/mol. The lowest BCUT2D eigenvalue weighted by Crippen LogP contribution is -2.29. The molecule has 0 spiro atoms. The highest BCUT2D eigenvalue weighted by molar-refractivity contribution is 5.85. The fraction of sp³-hybridized carbons (Fsp3) is 0.148. The zero-order valence-corrected chi connectivity index (χ0v) is 18.3. The van der Waals surface area contributed by atoms with Gasteiger partial charge in [-0.3, -0.25) is 10.1 Å². The molecule has 3 heterocycles. The van der Waals surface area contributed by atoms with Crippen molar-refractivity contribution in [2.75, 3.05) is 7.05 Å². The maximum atomic E-state index is 4.45. The van der Waals surface area contributed by atoms with Crippen LogP contribution in [0.4, 0.5) is 5.69 Å². The van der Waals surface area contributed by atoms with Gasteiger partial charge in [-0.05, 0) is 34.4 Å². The fourth-order valence-electron chi connectivity index (χ4n) is 5.18. The summed E-state index contributed by atoms with van der Waals surface area (Å²) in [6.07, 6.45) is 5.69. The molecule has 1 aliphatic carbocycles. The Bertz CT molecular complexity index is 1440. The minimum atomic E-state index is -0.500. The molecular weight excluding hydrogens is 394 g/mol. The summed E-state index contributed by atoms with van der Waals surface area (Å²) in [7, 11) is 2.03. The summed E-state index contributed by atoms with van der Waals surface area (Å²) < 4.78 is 4.17.